The van der Waals surface area contributed by atoms with Gasteiger partial charge in [-0.25, -0.2) is 0 Å². The van der Waals surface area contributed by atoms with E-state index in [1.54, 1.807) is 6.26 Å². The van der Waals surface area contributed by atoms with Crippen LogP contribution in [0.25, 0.3) is 0 Å². The Bertz CT molecular complexity index is 218. The summed E-state index contributed by atoms with van der Waals surface area (Å²) in [6.07, 6.45) is 1.59. The largest absolute Gasteiger partial charge is 0.459 e. The highest BCUT2D eigenvalue weighted by Gasteiger charge is 2.18. The van der Waals surface area contributed by atoms with Gasteiger partial charge in [0.25, 0.3) is 0 Å². The molecule has 0 aromatic heterocycles. The molecule has 0 atom stereocenters. The van der Waals surface area contributed by atoms with Gasteiger partial charge in [0.15, 0.2) is 0 Å². The average molecular weight is 297 g/mol. The molecule has 0 fully saturated rings. The lowest BCUT2D eigenvalue weighted by molar-refractivity contribution is 0.0637. The molecule has 2 aliphatic heterocycles. The molecule has 0 aliphatic carbocycles. The lowest BCUT2D eigenvalue weighted by Crippen LogP contribution is -2.35. The van der Waals surface area contributed by atoms with Crippen LogP contribution in [0.5, 0.6) is 0 Å². The molecule has 0 radical (unpaired) electrons. The van der Waals surface area contributed by atoms with Gasteiger partial charge in [0, 0.05) is 13.6 Å². The van der Waals surface area contributed by atoms with E-state index in [9.17, 15) is 0 Å². The Morgan fingerprint density at radius 1 is 1.62 bits per heavy atom. The summed E-state index contributed by atoms with van der Waals surface area (Å²) in [5.74, 6) is 1.54. The zero-order valence-electron chi connectivity index (χ0n) is 7.32. The van der Waals surface area contributed by atoms with Crippen LogP contribution in [-0.2, 0) is 9.47 Å². The minimum Gasteiger partial charge on any atom is -0.459 e. The number of ether oxygens (including phenoxy) is 2. The third-order valence-electron chi connectivity index (χ3n) is 1.76. The van der Waals surface area contributed by atoms with Crippen LogP contribution in [0.2, 0.25) is 0 Å². The van der Waals surface area contributed by atoms with Crippen molar-refractivity contribution < 1.29 is 9.47 Å². The third-order valence-corrected chi connectivity index (χ3v) is 1.76. The third kappa shape index (κ3) is 2.17. The predicted molar refractivity (Wildman–Crippen MR) is 58.6 cm³/mol. The Morgan fingerprint density at radius 2 is 2.46 bits per heavy atom. The number of halogens is 1. The molecule has 2 heterocycles. The summed E-state index contributed by atoms with van der Waals surface area (Å²) < 4.78 is 10.1. The minimum atomic E-state index is 0. The zero-order valence-corrected chi connectivity index (χ0v) is 9.65. The van der Waals surface area contributed by atoms with Crippen molar-refractivity contribution in [1.82, 2.24) is 10.2 Å². The van der Waals surface area contributed by atoms with Crippen LogP contribution in [0.1, 0.15) is 0 Å². The maximum Gasteiger partial charge on any atom is 0.234 e. The second kappa shape index (κ2) is 4.54. The fourth-order valence-corrected chi connectivity index (χ4v) is 1.12. The number of guanidine groups is 1. The fraction of sp³-hybridized carbons (Fsp3) is 0.571. The summed E-state index contributed by atoms with van der Waals surface area (Å²) in [6, 6.07) is 0. The summed E-state index contributed by atoms with van der Waals surface area (Å²) in [7, 11) is 1.89. The molecule has 6 heteroatoms. The van der Waals surface area contributed by atoms with Gasteiger partial charge in [-0.1, -0.05) is 0 Å². The molecule has 2 aliphatic rings. The van der Waals surface area contributed by atoms with Gasteiger partial charge in [0.1, 0.15) is 6.26 Å². The highest BCUT2D eigenvalue weighted by atomic mass is 127. The van der Waals surface area contributed by atoms with Crippen LogP contribution in [0.15, 0.2) is 17.1 Å². The van der Waals surface area contributed by atoms with Crippen LogP contribution >= 0.6 is 24.0 Å². The molecule has 0 aromatic carbocycles. The van der Waals surface area contributed by atoms with Crippen molar-refractivity contribution in [1.29, 1.82) is 0 Å². The fourth-order valence-electron chi connectivity index (χ4n) is 1.12. The first-order chi connectivity index (χ1) is 5.88. The standard InChI is InChI=1S/C7H11N3O2.HI/c1-10(6-4-11-5-12-6)7-8-2-3-9-7;/h4H,2-3,5H2,1H3,(H,8,9);1H. The summed E-state index contributed by atoms with van der Waals surface area (Å²) in [4.78, 5) is 6.07. The number of nitrogens with zero attached hydrogens (tertiary/aromatic N) is 2. The summed E-state index contributed by atoms with van der Waals surface area (Å²) in [6.45, 7) is 2.02. The van der Waals surface area contributed by atoms with Crippen molar-refractivity contribution in [2.24, 2.45) is 4.99 Å². The van der Waals surface area contributed by atoms with Crippen molar-refractivity contribution in [3.63, 3.8) is 0 Å². The van der Waals surface area contributed by atoms with Crippen LogP contribution in [-0.4, -0.2) is 37.8 Å². The first-order valence-electron chi connectivity index (χ1n) is 3.84. The van der Waals surface area contributed by atoms with E-state index in [0.29, 0.717) is 12.7 Å². The summed E-state index contributed by atoms with van der Waals surface area (Å²) in [5.41, 5.74) is 0. The SMILES string of the molecule is CN(C1=COCO1)C1=NCCN1.I. The Labute approximate surface area is 93.8 Å². The van der Waals surface area contributed by atoms with E-state index < -0.39 is 0 Å². The molecule has 13 heavy (non-hydrogen) atoms. The van der Waals surface area contributed by atoms with Crippen LogP contribution in [0.3, 0.4) is 0 Å². The van der Waals surface area contributed by atoms with E-state index in [1.165, 1.54) is 0 Å². The van der Waals surface area contributed by atoms with Gasteiger partial charge < -0.3 is 14.8 Å². The maximum absolute atomic E-state index is 5.17. The molecule has 0 aromatic rings. The lowest BCUT2D eigenvalue weighted by Gasteiger charge is -2.17. The maximum atomic E-state index is 5.17. The van der Waals surface area contributed by atoms with E-state index in [-0.39, 0.29) is 24.0 Å². The van der Waals surface area contributed by atoms with Crippen molar-refractivity contribution in [3.8, 4) is 0 Å². The Kier molecular flexibility index (Phi) is 3.64. The van der Waals surface area contributed by atoms with E-state index in [1.807, 2.05) is 11.9 Å². The number of rotatable bonds is 1. The minimum absolute atomic E-state index is 0. The molecule has 0 spiro atoms. The van der Waals surface area contributed by atoms with E-state index in [4.69, 9.17) is 9.47 Å². The molecule has 1 N–H and O–H groups in total. The summed E-state index contributed by atoms with van der Waals surface area (Å²) >= 11 is 0. The molecule has 0 unspecified atom stereocenters. The van der Waals surface area contributed by atoms with E-state index in [2.05, 4.69) is 10.3 Å². The molecule has 0 bridgehead atoms. The quantitative estimate of drug-likeness (QED) is 0.707. The average Bonchev–Trinajstić information content (AvgIpc) is 2.77. The van der Waals surface area contributed by atoms with Gasteiger partial charge in [-0.2, -0.15) is 0 Å². The monoisotopic (exact) mass is 297 g/mol. The molecule has 0 saturated carbocycles. The predicted octanol–water partition coefficient (Wildman–Crippen LogP) is 0.299. The Morgan fingerprint density at radius 3 is 3.00 bits per heavy atom. The number of hydrogen-bond donors (Lipinski definition) is 1. The van der Waals surface area contributed by atoms with Gasteiger partial charge in [-0.3, -0.25) is 9.89 Å². The number of nitrogens with one attached hydrogen (secondary N) is 1. The van der Waals surface area contributed by atoms with Gasteiger partial charge in [-0.15, -0.1) is 24.0 Å². The molecule has 0 amide bonds. The zero-order chi connectivity index (χ0) is 8.39. The van der Waals surface area contributed by atoms with E-state index in [0.717, 1.165) is 19.0 Å². The molecule has 0 saturated heterocycles. The van der Waals surface area contributed by atoms with Crippen LogP contribution in [0.4, 0.5) is 0 Å². The van der Waals surface area contributed by atoms with Crippen molar-refractivity contribution in [3.05, 3.63) is 12.1 Å². The second-order valence-corrected chi connectivity index (χ2v) is 2.58. The molecular formula is C7H12IN3O2. The lowest BCUT2D eigenvalue weighted by atomic mass is 10.7. The number of hydrogen-bond acceptors (Lipinski definition) is 5. The van der Waals surface area contributed by atoms with Crippen LogP contribution in [0, 0.1) is 0 Å². The van der Waals surface area contributed by atoms with Crippen LogP contribution < -0.4 is 5.32 Å². The Hall–Kier alpha value is -0.660. The van der Waals surface area contributed by atoms with Gasteiger partial charge in [0.2, 0.25) is 18.6 Å². The van der Waals surface area contributed by atoms with E-state index >= 15 is 0 Å². The van der Waals surface area contributed by atoms with Crippen molar-refractivity contribution in [2.45, 2.75) is 0 Å². The van der Waals surface area contributed by atoms with Gasteiger partial charge in [-0.05, 0) is 0 Å². The smallest absolute Gasteiger partial charge is 0.234 e. The highest BCUT2D eigenvalue weighted by molar-refractivity contribution is 14.0. The molecule has 2 rings (SSSR count). The van der Waals surface area contributed by atoms with Gasteiger partial charge in [0.05, 0.1) is 6.54 Å². The Balaban J connectivity index is 0.000000845. The van der Waals surface area contributed by atoms with Gasteiger partial charge >= 0.3 is 0 Å². The first-order valence-corrected chi connectivity index (χ1v) is 3.84. The normalized spacial score (nSPS) is 18.8. The molecular weight excluding hydrogens is 285 g/mol. The highest BCUT2D eigenvalue weighted by Crippen LogP contribution is 2.11. The number of aliphatic imine (C=N–C) groups is 1. The summed E-state index contributed by atoms with van der Waals surface area (Å²) in [5, 5.41) is 3.13. The first kappa shape index (κ1) is 10.4. The van der Waals surface area contributed by atoms with Crippen molar-refractivity contribution >= 4 is 29.9 Å². The van der Waals surface area contributed by atoms with Crippen molar-refractivity contribution in [2.75, 3.05) is 26.9 Å². The second-order valence-electron chi connectivity index (χ2n) is 2.58. The topological polar surface area (TPSA) is 46.1 Å². The molecule has 5 nitrogen and oxygen atoms in total. The molecule has 74 valence electrons.